The van der Waals surface area contributed by atoms with Gasteiger partial charge in [0.1, 0.15) is 18.6 Å². The zero-order valence-corrected chi connectivity index (χ0v) is 16.1. The van der Waals surface area contributed by atoms with Crippen molar-refractivity contribution in [3.05, 3.63) is 71.8 Å². The molecule has 0 saturated heterocycles. The quantitative estimate of drug-likeness (QED) is 0.408. The topological polar surface area (TPSA) is 52.6 Å². The van der Waals surface area contributed by atoms with Crippen molar-refractivity contribution < 1.29 is 19.1 Å². The molecule has 0 saturated carbocycles. The Morgan fingerprint density at radius 3 is 1.41 bits per heavy atom. The fourth-order valence-corrected chi connectivity index (χ4v) is 2.97. The highest BCUT2D eigenvalue weighted by atomic mass is 16.6. The fraction of sp³-hybridized carbons (Fsp3) is 0.391. The first-order valence-corrected chi connectivity index (χ1v) is 9.62. The van der Waals surface area contributed by atoms with Crippen LogP contribution in [0, 0.1) is 0 Å². The lowest BCUT2D eigenvalue weighted by Gasteiger charge is -2.19. The summed E-state index contributed by atoms with van der Waals surface area (Å²) in [5, 5.41) is 0. The highest BCUT2D eigenvalue weighted by Gasteiger charge is 2.22. The van der Waals surface area contributed by atoms with Crippen molar-refractivity contribution in [1.82, 2.24) is 0 Å². The average Bonchev–Trinajstić information content (AvgIpc) is 2.68. The molecule has 2 aromatic carbocycles. The molecule has 144 valence electrons. The molecule has 0 bridgehead atoms. The molecule has 0 aliphatic heterocycles. The predicted octanol–water partition coefficient (Wildman–Crippen LogP) is 5.55. The molecule has 0 aliphatic carbocycles. The Labute approximate surface area is 161 Å². The van der Waals surface area contributed by atoms with Crippen LogP contribution in [0.5, 0.6) is 0 Å². The maximum absolute atomic E-state index is 12.3. The zero-order valence-electron chi connectivity index (χ0n) is 16.1. The molecular weight excluding hydrogens is 340 g/mol. The summed E-state index contributed by atoms with van der Waals surface area (Å²) < 4.78 is 11.1. The molecule has 4 heteroatoms. The van der Waals surface area contributed by atoms with Crippen molar-refractivity contribution in [2.75, 3.05) is 0 Å². The molecule has 0 unspecified atom stereocenters. The lowest BCUT2D eigenvalue weighted by atomic mass is 10.1. The van der Waals surface area contributed by atoms with E-state index in [-0.39, 0.29) is 18.6 Å². The molecule has 2 aromatic rings. The standard InChI is InChI=1S/C23H28O4/c1-3-11-20(18-13-7-5-8-14-18)26-22(24)17-23(25)27-21(12-4-2)19-15-9-6-10-16-19/h5-10,13-16,20-21H,3-4,11-12,17H2,1-2H3/t20-,21-/m1/s1. The highest BCUT2D eigenvalue weighted by Crippen LogP contribution is 2.25. The summed E-state index contributed by atoms with van der Waals surface area (Å²) in [6, 6.07) is 19.2. The van der Waals surface area contributed by atoms with Crippen LogP contribution in [0.15, 0.2) is 60.7 Å². The first-order valence-electron chi connectivity index (χ1n) is 9.62. The van der Waals surface area contributed by atoms with Gasteiger partial charge in [0, 0.05) is 0 Å². The van der Waals surface area contributed by atoms with Crippen LogP contribution >= 0.6 is 0 Å². The summed E-state index contributed by atoms with van der Waals surface area (Å²) in [6.07, 6.45) is 2.14. The third kappa shape index (κ3) is 6.89. The second-order valence-electron chi connectivity index (χ2n) is 6.53. The monoisotopic (exact) mass is 368 g/mol. The molecule has 0 amide bonds. The van der Waals surface area contributed by atoms with Crippen molar-refractivity contribution in [1.29, 1.82) is 0 Å². The van der Waals surface area contributed by atoms with E-state index in [1.807, 2.05) is 74.5 Å². The van der Waals surface area contributed by atoms with Crippen molar-refractivity contribution in [3.63, 3.8) is 0 Å². The Bertz CT molecular complexity index is 635. The van der Waals surface area contributed by atoms with Gasteiger partial charge in [-0.1, -0.05) is 87.4 Å². The Morgan fingerprint density at radius 1 is 0.704 bits per heavy atom. The van der Waals surface area contributed by atoms with E-state index < -0.39 is 11.9 Å². The molecule has 4 nitrogen and oxygen atoms in total. The van der Waals surface area contributed by atoms with Gasteiger partial charge in [-0.3, -0.25) is 9.59 Å². The molecule has 0 fully saturated rings. The first-order chi connectivity index (χ1) is 13.1. The Kier molecular flexibility index (Phi) is 8.56. The van der Waals surface area contributed by atoms with Gasteiger partial charge in [0.05, 0.1) is 0 Å². The van der Waals surface area contributed by atoms with Crippen LogP contribution in [0.25, 0.3) is 0 Å². The van der Waals surface area contributed by atoms with Crippen molar-refractivity contribution >= 4 is 11.9 Å². The minimum atomic E-state index is -0.550. The third-order valence-electron chi connectivity index (χ3n) is 4.28. The maximum atomic E-state index is 12.3. The highest BCUT2D eigenvalue weighted by molar-refractivity contribution is 5.91. The number of benzene rings is 2. The van der Waals surface area contributed by atoms with Crippen molar-refractivity contribution in [2.24, 2.45) is 0 Å². The zero-order chi connectivity index (χ0) is 19.5. The lowest BCUT2D eigenvalue weighted by Crippen LogP contribution is -2.19. The van der Waals surface area contributed by atoms with E-state index in [1.165, 1.54) is 0 Å². The van der Waals surface area contributed by atoms with Crippen molar-refractivity contribution in [2.45, 2.75) is 58.2 Å². The second-order valence-corrected chi connectivity index (χ2v) is 6.53. The smallest absolute Gasteiger partial charge is 0.317 e. The van der Waals surface area contributed by atoms with Gasteiger partial charge < -0.3 is 9.47 Å². The molecule has 0 aliphatic rings. The molecular formula is C23H28O4. The normalized spacial score (nSPS) is 12.8. The van der Waals surface area contributed by atoms with Crippen LogP contribution in [-0.2, 0) is 19.1 Å². The minimum absolute atomic E-state index is 0.336. The summed E-state index contributed by atoms with van der Waals surface area (Å²) in [4.78, 5) is 24.5. The van der Waals surface area contributed by atoms with E-state index in [9.17, 15) is 9.59 Å². The predicted molar refractivity (Wildman–Crippen MR) is 105 cm³/mol. The fourth-order valence-electron chi connectivity index (χ4n) is 2.97. The van der Waals surface area contributed by atoms with Crippen LogP contribution in [0.4, 0.5) is 0 Å². The van der Waals surface area contributed by atoms with E-state index in [0.29, 0.717) is 12.8 Å². The van der Waals surface area contributed by atoms with Crippen LogP contribution in [0.2, 0.25) is 0 Å². The van der Waals surface area contributed by atoms with Gasteiger partial charge in [-0.05, 0) is 24.0 Å². The Morgan fingerprint density at radius 2 is 1.07 bits per heavy atom. The van der Waals surface area contributed by atoms with Gasteiger partial charge in [0.15, 0.2) is 0 Å². The van der Waals surface area contributed by atoms with Crippen LogP contribution in [0.1, 0.15) is 69.3 Å². The number of ether oxygens (including phenoxy) is 2. The van der Waals surface area contributed by atoms with Gasteiger partial charge in [0.2, 0.25) is 0 Å². The van der Waals surface area contributed by atoms with Gasteiger partial charge in [-0.2, -0.15) is 0 Å². The maximum Gasteiger partial charge on any atom is 0.317 e. The van der Waals surface area contributed by atoms with E-state index in [1.54, 1.807) is 0 Å². The Hall–Kier alpha value is -2.62. The minimum Gasteiger partial charge on any atom is -0.457 e. The van der Waals surface area contributed by atoms with Crippen LogP contribution in [0.3, 0.4) is 0 Å². The van der Waals surface area contributed by atoms with E-state index in [0.717, 1.165) is 24.0 Å². The second kappa shape index (κ2) is 11.2. The van der Waals surface area contributed by atoms with E-state index >= 15 is 0 Å². The number of hydrogen-bond donors (Lipinski definition) is 0. The van der Waals surface area contributed by atoms with E-state index in [4.69, 9.17) is 9.47 Å². The van der Waals surface area contributed by atoms with Gasteiger partial charge in [0.25, 0.3) is 0 Å². The molecule has 0 aromatic heterocycles. The SMILES string of the molecule is CCC[C@@H](OC(=O)CC(=O)O[C@H](CCC)c1ccccc1)c1ccccc1. The number of hydrogen-bond acceptors (Lipinski definition) is 4. The number of carbonyl (C=O) groups is 2. The van der Waals surface area contributed by atoms with Crippen molar-refractivity contribution in [3.8, 4) is 0 Å². The number of carbonyl (C=O) groups excluding carboxylic acids is 2. The Balaban J connectivity index is 1.94. The summed E-state index contributed by atoms with van der Waals surface area (Å²) in [6.45, 7) is 4.07. The largest absolute Gasteiger partial charge is 0.457 e. The van der Waals surface area contributed by atoms with Crippen LogP contribution in [-0.4, -0.2) is 11.9 Å². The molecule has 27 heavy (non-hydrogen) atoms. The molecule has 2 rings (SSSR count). The summed E-state index contributed by atoms with van der Waals surface area (Å²) >= 11 is 0. The third-order valence-corrected chi connectivity index (χ3v) is 4.28. The molecule has 0 spiro atoms. The van der Waals surface area contributed by atoms with Gasteiger partial charge in [-0.25, -0.2) is 0 Å². The van der Waals surface area contributed by atoms with Gasteiger partial charge in [-0.15, -0.1) is 0 Å². The summed E-state index contributed by atoms with van der Waals surface area (Å²) in [7, 11) is 0. The summed E-state index contributed by atoms with van der Waals surface area (Å²) in [5.74, 6) is -1.10. The number of rotatable bonds is 10. The molecule has 2 atom stereocenters. The first kappa shape index (κ1) is 20.7. The van der Waals surface area contributed by atoms with E-state index in [2.05, 4.69) is 0 Å². The van der Waals surface area contributed by atoms with Crippen LogP contribution < -0.4 is 0 Å². The average molecular weight is 368 g/mol. The van der Waals surface area contributed by atoms with Gasteiger partial charge >= 0.3 is 11.9 Å². The molecule has 0 radical (unpaired) electrons. The summed E-state index contributed by atoms with van der Waals surface area (Å²) in [5.41, 5.74) is 1.88. The molecule has 0 heterocycles. The number of esters is 2. The molecule has 0 N–H and O–H groups in total. The lowest BCUT2D eigenvalue weighted by molar-refractivity contribution is -0.161.